The standard InChI is InChI=1S/C29H36O3/c1-6-7-8-13-26(30)23-19-25-24(28(2,3)16-17-29(25,4)5)18-21(23)15-14-20-11-9-10-12-22(20)27(31)32/h9-12,14-15,18-19H,6-8,13,16-17H2,1-5H3,(H,31,32). The molecule has 0 unspecified atom stereocenters. The Morgan fingerprint density at radius 2 is 1.47 bits per heavy atom. The summed E-state index contributed by atoms with van der Waals surface area (Å²) in [4.78, 5) is 24.9. The van der Waals surface area contributed by atoms with Crippen LogP contribution in [-0.2, 0) is 10.8 Å². The summed E-state index contributed by atoms with van der Waals surface area (Å²) in [5, 5.41) is 9.52. The van der Waals surface area contributed by atoms with Crippen molar-refractivity contribution >= 4 is 23.9 Å². The van der Waals surface area contributed by atoms with E-state index in [1.54, 1.807) is 18.2 Å². The number of unbranched alkanes of at least 4 members (excludes halogenated alkanes) is 2. The smallest absolute Gasteiger partial charge is 0.336 e. The Kier molecular flexibility index (Phi) is 7.07. The van der Waals surface area contributed by atoms with Crippen molar-refractivity contribution in [1.82, 2.24) is 0 Å². The summed E-state index contributed by atoms with van der Waals surface area (Å²) >= 11 is 0. The number of hydrogen-bond donors (Lipinski definition) is 1. The molecule has 0 saturated heterocycles. The highest BCUT2D eigenvalue weighted by atomic mass is 16.4. The van der Waals surface area contributed by atoms with Crippen LogP contribution in [0.4, 0.5) is 0 Å². The molecule has 3 heteroatoms. The Balaban J connectivity index is 2.13. The molecule has 1 aliphatic rings. The highest BCUT2D eigenvalue weighted by Gasteiger charge is 2.38. The van der Waals surface area contributed by atoms with Crippen LogP contribution in [0, 0.1) is 0 Å². The first-order valence-electron chi connectivity index (χ1n) is 11.8. The molecule has 0 bridgehead atoms. The molecule has 0 radical (unpaired) electrons. The number of aromatic carboxylic acids is 1. The fraction of sp³-hybridized carbons (Fsp3) is 0.448. The second-order valence-electron chi connectivity index (χ2n) is 10.4. The van der Waals surface area contributed by atoms with Crippen LogP contribution >= 0.6 is 0 Å². The van der Waals surface area contributed by atoms with Crippen molar-refractivity contribution in [3.63, 3.8) is 0 Å². The molecule has 0 amide bonds. The Bertz CT molecular complexity index is 1040. The lowest BCUT2D eigenvalue weighted by atomic mass is 9.62. The molecule has 32 heavy (non-hydrogen) atoms. The zero-order valence-electron chi connectivity index (χ0n) is 20.1. The van der Waals surface area contributed by atoms with Gasteiger partial charge in [0.25, 0.3) is 0 Å². The molecule has 0 spiro atoms. The van der Waals surface area contributed by atoms with E-state index in [4.69, 9.17) is 0 Å². The first kappa shape index (κ1) is 24.0. The summed E-state index contributed by atoms with van der Waals surface area (Å²) in [7, 11) is 0. The van der Waals surface area contributed by atoms with Gasteiger partial charge >= 0.3 is 5.97 Å². The van der Waals surface area contributed by atoms with E-state index in [1.807, 2.05) is 18.2 Å². The molecule has 0 aromatic heterocycles. The molecule has 0 aliphatic heterocycles. The van der Waals surface area contributed by atoms with Crippen LogP contribution < -0.4 is 0 Å². The number of carbonyl (C=O) groups is 2. The first-order valence-corrected chi connectivity index (χ1v) is 11.8. The molecular weight excluding hydrogens is 396 g/mol. The van der Waals surface area contributed by atoms with Crippen molar-refractivity contribution in [3.05, 3.63) is 69.8 Å². The molecule has 2 aromatic rings. The van der Waals surface area contributed by atoms with Crippen LogP contribution in [0.15, 0.2) is 36.4 Å². The van der Waals surface area contributed by atoms with Crippen molar-refractivity contribution in [3.8, 4) is 0 Å². The lowest BCUT2D eigenvalue weighted by Crippen LogP contribution is -2.34. The van der Waals surface area contributed by atoms with Gasteiger partial charge in [-0.1, -0.05) is 83.9 Å². The SMILES string of the molecule is CCCCCC(=O)c1cc2c(cc1C=Cc1ccccc1C(=O)O)C(C)(C)CCC2(C)C. The van der Waals surface area contributed by atoms with Crippen molar-refractivity contribution in [2.45, 2.75) is 84.0 Å². The van der Waals surface area contributed by atoms with Gasteiger partial charge < -0.3 is 5.11 Å². The first-order chi connectivity index (χ1) is 15.1. The van der Waals surface area contributed by atoms with Crippen LogP contribution in [0.5, 0.6) is 0 Å². The van der Waals surface area contributed by atoms with E-state index in [9.17, 15) is 14.7 Å². The minimum Gasteiger partial charge on any atom is -0.478 e. The lowest BCUT2D eigenvalue weighted by Gasteiger charge is -2.42. The van der Waals surface area contributed by atoms with E-state index < -0.39 is 5.97 Å². The molecule has 1 aliphatic carbocycles. The molecule has 3 rings (SSSR count). The van der Waals surface area contributed by atoms with Gasteiger partial charge in [-0.2, -0.15) is 0 Å². The Hall–Kier alpha value is -2.68. The number of carboxylic acids is 1. The van der Waals surface area contributed by atoms with Crippen LogP contribution in [-0.4, -0.2) is 16.9 Å². The van der Waals surface area contributed by atoms with E-state index in [0.29, 0.717) is 12.0 Å². The number of ketones is 1. The zero-order valence-corrected chi connectivity index (χ0v) is 20.1. The number of carbonyl (C=O) groups excluding carboxylic acids is 1. The van der Waals surface area contributed by atoms with Gasteiger partial charge in [0.2, 0.25) is 0 Å². The number of carboxylic acid groups (broad SMARTS) is 1. The number of Topliss-reactive ketones (excluding diaryl/α,β-unsaturated/α-hetero) is 1. The van der Waals surface area contributed by atoms with Gasteiger partial charge in [-0.05, 0) is 64.5 Å². The van der Waals surface area contributed by atoms with Gasteiger partial charge in [0.05, 0.1) is 5.56 Å². The Labute approximate surface area is 192 Å². The van der Waals surface area contributed by atoms with Crippen molar-refractivity contribution in [2.75, 3.05) is 0 Å². The number of rotatable bonds is 8. The summed E-state index contributed by atoms with van der Waals surface area (Å²) in [6.45, 7) is 11.2. The third-order valence-corrected chi connectivity index (χ3v) is 6.96. The molecule has 1 N–H and O–H groups in total. The maximum Gasteiger partial charge on any atom is 0.336 e. The molecule has 3 nitrogen and oxygen atoms in total. The van der Waals surface area contributed by atoms with E-state index in [1.165, 1.54) is 11.1 Å². The monoisotopic (exact) mass is 432 g/mol. The average molecular weight is 433 g/mol. The van der Waals surface area contributed by atoms with E-state index in [0.717, 1.165) is 43.2 Å². The van der Waals surface area contributed by atoms with Gasteiger partial charge in [0, 0.05) is 12.0 Å². The van der Waals surface area contributed by atoms with Gasteiger partial charge in [-0.3, -0.25) is 4.79 Å². The van der Waals surface area contributed by atoms with Gasteiger partial charge in [0.15, 0.2) is 5.78 Å². The molecule has 170 valence electrons. The minimum absolute atomic E-state index is 0.0292. The van der Waals surface area contributed by atoms with Gasteiger partial charge in [-0.15, -0.1) is 0 Å². The zero-order chi connectivity index (χ0) is 23.5. The summed E-state index contributed by atoms with van der Waals surface area (Å²) in [6.07, 6.45) is 9.51. The highest BCUT2D eigenvalue weighted by Crippen LogP contribution is 2.47. The van der Waals surface area contributed by atoms with Gasteiger partial charge in [-0.25, -0.2) is 4.79 Å². The number of benzene rings is 2. The summed E-state index contributed by atoms with van der Waals surface area (Å²) < 4.78 is 0. The lowest BCUT2D eigenvalue weighted by molar-refractivity contribution is 0.0696. The second-order valence-corrected chi connectivity index (χ2v) is 10.4. The van der Waals surface area contributed by atoms with Crippen LogP contribution in [0.25, 0.3) is 12.2 Å². The number of fused-ring (bicyclic) bond motifs is 1. The predicted molar refractivity (Wildman–Crippen MR) is 133 cm³/mol. The largest absolute Gasteiger partial charge is 0.478 e. The van der Waals surface area contributed by atoms with E-state index in [2.05, 4.69) is 46.8 Å². The van der Waals surface area contributed by atoms with Crippen LogP contribution in [0.2, 0.25) is 0 Å². The summed E-state index contributed by atoms with van der Waals surface area (Å²) in [5.41, 5.74) is 5.18. The summed E-state index contributed by atoms with van der Waals surface area (Å²) in [5.74, 6) is -0.777. The fourth-order valence-corrected chi connectivity index (χ4v) is 4.70. The Morgan fingerprint density at radius 3 is 2.09 bits per heavy atom. The second kappa shape index (κ2) is 9.44. The van der Waals surface area contributed by atoms with Crippen molar-refractivity contribution in [2.24, 2.45) is 0 Å². The van der Waals surface area contributed by atoms with Crippen molar-refractivity contribution < 1.29 is 14.7 Å². The predicted octanol–water partition coefficient (Wildman–Crippen LogP) is 7.67. The topological polar surface area (TPSA) is 54.4 Å². The molecular formula is C29H36O3. The molecule has 2 aromatic carbocycles. The maximum atomic E-state index is 13.3. The van der Waals surface area contributed by atoms with E-state index >= 15 is 0 Å². The number of hydrogen-bond acceptors (Lipinski definition) is 2. The third-order valence-electron chi connectivity index (χ3n) is 6.96. The van der Waals surface area contributed by atoms with E-state index in [-0.39, 0.29) is 22.2 Å². The maximum absolute atomic E-state index is 13.3. The normalized spacial score (nSPS) is 16.7. The molecule has 0 atom stereocenters. The Morgan fingerprint density at radius 1 is 0.875 bits per heavy atom. The molecule has 0 fully saturated rings. The summed E-state index contributed by atoms with van der Waals surface area (Å²) in [6, 6.07) is 11.3. The molecule has 0 saturated carbocycles. The van der Waals surface area contributed by atoms with Gasteiger partial charge in [0.1, 0.15) is 0 Å². The fourth-order valence-electron chi connectivity index (χ4n) is 4.70. The minimum atomic E-state index is -0.950. The quantitative estimate of drug-likeness (QED) is 0.264. The highest BCUT2D eigenvalue weighted by molar-refractivity contribution is 6.01. The van der Waals surface area contributed by atoms with Crippen LogP contribution in [0.3, 0.4) is 0 Å². The van der Waals surface area contributed by atoms with Crippen molar-refractivity contribution in [1.29, 1.82) is 0 Å². The molecule has 0 heterocycles. The van der Waals surface area contributed by atoms with Crippen LogP contribution in [0.1, 0.15) is 116 Å². The third kappa shape index (κ3) is 5.03. The average Bonchev–Trinajstić information content (AvgIpc) is 2.75.